The molecule has 0 amide bonds. The number of oxime groups is 1. The molecule has 1 rings (SSSR count). The molecule has 118 valence electrons. The lowest BCUT2D eigenvalue weighted by molar-refractivity contribution is -0.137. The Morgan fingerprint density at radius 2 is 2.00 bits per heavy atom. The van der Waals surface area contributed by atoms with Gasteiger partial charge in [-0.3, -0.25) is 0 Å². The van der Waals surface area contributed by atoms with Crippen LogP contribution in [0.2, 0.25) is 0 Å². The van der Waals surface area contributed by atoms with Gasteiger partial charge in [-0.15, -0.1) is 0 Å². The molecule has 0 spiro atoms. The lowest BCUT2D eigenvalue weighted by Crippen LogP contribution is -2.17. The highest BCUT2D eigenvalue weighted by Crippen LogP contribution is 2.32. The average molecular weight is 304 g/mol. The van der Waals surface area contributed by atoms with E-state index in [2.05, 4.69) is 12.1 Å². The van der Waals surface area contributed by atoms with Gasteiger partial charge in [-0.05, 0) is 24.6 Å². The van der Waals surface area contributed by atoms with Crippen LogP contribution in [0, 0.1) is 0 Å². The standard InChI is InChI=1S/C14H19F3N2O2/c1-2-3-4-5-8-21-12-7-6-10(14(15,16)17)9-11(12)13(18)19-20/h6-7,9,20H,2-5,8H2,1H3,(H2,18,19). The summed E-state index contributed by atoms with van der Waals surface area (Å²) < 4.78 is 43.5. The van der Waals surface area contributed by atoms with Gasteiger partial charge >= 0.3 is 6.18 Å². The Morgan fingerprint density at radius 3 is 2.57 bits per heavy atom. The van der Waals surface area contributed by atoms with Gasteiger partial charge in [0.25, 0.3) is 0 Å². The fraction of sp³-hybridized carbons (Fsp3) is 0.500. The highest BCUT2D eigenvalue weighted by atomic mass is 19.4. The molecule has 21 heavy (non-hydrogen) atoms. The molecule has 0 aromatic heterocycles. The number of unbranched alkanes of at least 4 members (excludes halogenated alkanes) is 3. The van der Waals surface area contributed by atoms with Crippen molar-refractivity contribution in [1.29, 1.82) is 0 Å². The molecule has 0 atom stereocenters. The first-order chi connectivity index (χ1) is 9.90. The first-order valence-corrected chi connectivity index (χ1v) is 6.72. The van der Waals surface area contributed by atoms with Crippen LogP contribution in [0.25, 0.3) is 0 Å². The molecule has 0 bridgehead atoms. The summed E-state index contributed by atoms with van der Waals surface area (Å²) in [5.74, 6) is -0.237. The van der Waals surface area contributed by atoms with Crippen molar-refractivity contribution in [3.05, 3.63) is 29.3 Å². The average Bonchev–Trinajstić information content (AvgIpc) is 2.45. The topological polar surface area (TPSA) is 67.8 Å². The van der Waals surface area contributed by atoms with Crippen LogP contribution in [0.3, 0.4) is 0 Å². The maximum atomic E-state index is 12.7. The molecule has 1 aromatic carbocycles. The zero-order valence-corrected chi connectivity index (χ0v) is 11.8. The number of hydrogen-bond donors (Lipinski definition) is 2. The van der Waals surface area contributed by atoms with Crippen LogP contribution in [0.5, 0.6) is 5.75 Å². The van der Waals surface area contributed by atoms with Crippen LogP contribution in [0.4, 0.5) is 13.2 Å². The van der Waals surface area contributed by atoms with E-state index < -0.39 is 17.6 Å². The molecule has 0 aliphatic carbocycles. The minimum absolute atomic E-state index is 0.0668. The number of amidine groups is 1. The van der Waals surface area contributed by atoms with Crippen LogP contribution >= 0.6 is 0 Å². The highest BCUT2D eigenvalue weighted by molar-refractivity contribution is 5.99. The Bertz CT molecular complexity index is 488. The van der Waals surface area contributed by atoms with Crippen LogP contribution in [0.15, 0.2) is 23.4 Å². The van der Waals surface area contributed by atoms with Gasteiger partial charge in [0.15, 0.2) is 5.84 Å². The van der Waals surface area contributed by atoms with Crippen LogP contribution in [0.1, 0.15) is 43.7 Å². The van der Waals surface area contributed by atoms with Gasteiger partial charge in [0.1, 0.15) is 5.75 Å². The zero-order valence-electron chi connectivity index (χ0n) is 11.8. The van der Waals surface area contributed by atoms with Gasteiger partial charge in [-0.2, -0.15) is 13.2 Å². The SMILES string of the molecule is CCCCCCOc1ccc(C(F)(F)F)cc1/C(N)=N/O. The Hall–Kier alpha value is -1.92. The van der Waals surface area contributed by atoms with E-state index >= 15 is 0 Å². The summed E-state index contributed by atoms with van der Waals surface area (Å²) in [4.78, 5) is 0. The van der Waals surface area contributed by atoms with E-state index in [4.69, 9.17) is 15.7 Å². The first-order valence-electron chi connectivity index (χ1n) is 6.72. The van der Waals surface area contributed by atoms with Crippen LogP contribution in [-0.2, 0) is 6.18 Å². The van der Waals surface area contributed by atoms with Gasteiger partial charge in [0, 0.05) is 0 Å². The fourth-order valence-electron chi connectivity index (χ4n) is 1.80. The molecule has 0 unspecified atom stereocenters. The highest BCUT2D eigenvalue weighted by Gasteiger charge is 2.31. The van der Waals surface area contributed by atoms with E-state index in [9.17, 15) is 13.2 Å². The smallest absolute Gasteiger partial charge is 0.416 e. The maximum Gasteiger partial charge on any atom is 0.416 e. The Kier molecular flexibility index (Phi) is 6.33. The van der Waals surface area contributed by atoms with E-state index in [0.29, 0.717) is 6.61 Å². The number of alkyl halides is 3. The van der Waals surface area contributed by atoms with E-state index in [1.54, 1.807) is 0 Å². The normalized spacial score (nSPS) is 12.5. The monoisotopic (exact) mass is 304 g/mol. The molecule has 0 heterocycles. The zero-order chi connectivity index (χ0) is 15.9. The molecule has 1 aromatic rings. The molecule has 7 heteroatoms. The fourth-order valence-corrected chi connectivity index (χ4v) is 1.80. The van der Waals surface area contributed by atoms with Crippen molar-refractivity contribution >= 4 is 5.84 Å². The molecule has 0 aliphatic heterocycles. The Balaban J connectivity index is 2.88. The second-order valence-electron chi connectivity index (χ2n) is 4.60. The van der Waals surface area contributed by atoms with Crippen molar-refractivity contribution in [2.75, 3.05) is 6.61 Å². The number of hydrogen-bond acceptors (Lipinski definition) is 3. The van der Waals surface area contributed by atoms with Crippen molar-refractivity contribution in [2.45, 2.75) is 38.8 Å². The van der Waals surface area contributed by atoms with Gasteiger partial charge in [0.05, 0.1) is 17.7 Å². The summed E-state index contributed by atoms with van der Waals surface area (Å²) >= 11 is 0. The van der Waals surface area contributed by atoms with Gasteiger partial charge in [-0.25, -0.2) is 0 Å². The minimum atomic E-state index is -4.50. The molecular formula is C14H19F3N2O2. The van der Waals surface area contributed by atoms with Crippen molar-refractivity contribution in [3.63, 3.8) is 0 Å². The van der Waals surface area contributed by atoms with Crippen molar-refractivity contribution < 1.29 is 23.1 Å². The summed E-state index contributed by atoms with van der Waals surface area (Å²) in [5.41, 5.74) is 4.47. The Morgan fingerprint density at radius 1 is 1.29 bits per heavy atom. The first kappa shape index (κ1) is 17.1. The predicted octanol–water partition coefficient (Wildman–Crippen LogP) is 3.76. The third-order valence-electron chi connectivity index (χ3n) is 2.95. The van der Waals surface area contributed by atoms with E-state index in [1.165, 1.54) is 6.07 Å². The number of rotatable bonds is 7. The summed E-state index contributed by atoms with van der Waals surface area (Å²) in [6.45, 7) is 2.45. The van der Waals surface area contributed by atoms with E-state index in [-0.39, 0.29) is 11.3 Å². The number of benzene rings is 1. The molecule has 0 radical (unpaired) electrons. The van der Waals surface area contributed by atoms with E-state index in [0.717, 1.165) is 37.8 Å². The lowest BCUT2D eigenvalue weighted by Gasteiger charge is -2.13. The largest absolute Gasteiger partial charge is 0.493 e. The number of nitrogens with two attached hydrogens (primary N) is 1. The lowest BCUT2D eigenvalue weighted by atomic mass is 10.1. The summed E-state index contributed by atoms with van der Waals surface area (Å²) in [7, 11) is 0. The quantitative estimate of drug-likeness (QED) is 0.265. The molecule has 0 fully saturated rings. The molecule has 4 nitrogen and oxygen atoms in total. The molecule has 3 N–H and O–H groups in total. The summed E-state index contributed by atoms with van der Waals surface area (Å²) in [6, 6.07) is 2.92. The number of nitrogens with zero attached hydrogens (tertiary/aromatic N) is 1. The third-order valence-corrected chi connectivity index (χ3v) is 2.95. The molecule has 0 saturated carbocycles. The van der Waals surface area contributed by atoms with Crippen LogP contribution < -0.4 is 10.5 Å². The molecule has 0 saturated heterocycles. The van der Waals surface area contributed by atoms with E-state index in [1.807, 2.05) is 0 Å². The Labute approximate surface area is 121 Å². The second-order valence-corrected chi connectivity index (χ2v) is 4.60. The third kappa shape index (κ3) is 5.17. The predicted molar refractivity (Wildman–Crippen MR) is 73.6 cm³/mol. The minimum Gasteiger partial charge on any atom is -0.493 e. The summed E-state index contributed by atoms with van der Waals surface area (Å²) in [6.07, 6.45) is -0.566. The number of halogens is 3. The van der Waals surface area contributed by atoms with Gasteiger partial charge < -0.3 is 15.7 Å². The van der Waals surface area contributed by atoms with Crippen molar-refractivity contribution in [3.8, 4) is 5.75 Å². The summed E-state index contributed by atoms with van der Waals surface area (Å²) in [5, 5.41) is 11.4. The van der Waals surface area contributed by atoms with Crippen molar-refractivity contribution in [1.82, 2.24) is 0 Å². The molecular weight excluding hydrogens is 285 g/mol. The van der Waals surface area contributed by atoms with Gasteiger partial charge in [-0.1, -0.05) is 31.3 Å². The van der Waals surface area contributed by atoms with Crippen molar-refractivity contribution in [2.24, 2.45) is 10.9 Å². The molecule has 0 aliphatic rings. The van der Waals surface area contributed by atoms with Gasteiger partial charge in [0.2, 0.25) is 0 Å². The number of ether oxygens (including phenoxy) is 1. The maximum absolute atomic E-state index is 12.7. The second kappa shape index (κ2) is 7.75. The van der Waals surface area contributed by atoms with Crippen LogP contribution in [-0.4, -0.2) is 17.6 Å².